The highest BCUT2D eigenvalue weighted by molar-refractivity contribution is 5.02. The molecule has 0 aliphatic rings. The Hall–Kier alpha value is -0.500. The van der Waals surface area contributed by atoms with Gasteiger partial charge in [0.2, 0.25) is 0 Å². The molecule has 19 heavy (non-hydrogen) atoms. The Morgan fingerprint density at radius 2 is 1.21 bits per heavy atom. The largest absolute Gasteiger partial charge is 0.429 e. The Morgan fingerprint density at radius 1 is 0.842 bits per heavy atom. The smallest absolute Gasteiger partial charge is 0.284 e. The zero-order valence-electron chi connectivity index (χ0n) is 11.6. The highest BCUT2D eigenvalue weighted by atomic mass is 19.4. The molecule has 0 aromatic carbocycles. The Bertz CT molecular complexity index is 273. The van der Waals surface area contributed by atoms with Crippen LogP contribution in [0.25, 0.3) is 0 Å². The van der Waals surface area contributed by atoms with Gasteiger partial charge in [-0.05, 0) is 33.2 Å². The number of halogens is 6. The van der Waals surface area contributed by atoms with Crippen molar-refractivity contribution in [2.75, 3.05) is 6.54 Å². The van der Waals surface area contributed by atoms with Gasteiger partial charge in [0.15, 0.2) is 0 Å². The molecule has 0 fully saturated rings. The molecule has 0 heterocycles. The average Bonchev–Trinajstić information content (AvgIpc) is 2.05. The van der Waals surface area contributed by atoms with Crippen molar-refractivity contribution >= 4 is 0 Å². The van der Waals surface area contributed by atoms with E-state index >= 15 is 0 Å². The maximum absolute atomic E-state index is 13.0. The quantitative estimate of drug-likeness (QED) is 0.613. The van der Waals surface area contributed by atoms with Gasteiger partial charge in [0.25, 0.3) is 5.66 Å². The van der Waals surface area contributed by atoms with E-state index in [0.717, 1.165) is 0 Å². The molecule has 0 aliphatic carbocycles. The molecule has 0 bridgehead atoms. The number of hydrogen-bond acceptors (Lipinski definition) is 2. The fourth-order valence-electron chi connectivity index (χ4n) is 1.47. The fraction of sp³-hybridized carbons (Fsp3) is 1.00. The molecule has 0 saturated heterocycles. The fourth-order valence-corrected chi connectivity index (χ4v) is 1.47. The number of alkyl halides is 6. The van der Waals surface area contributed by atoms with E-state index in [1.165, 1.54) is 34.6 Å². The van der Waals surface area contributed by atoms with Crippen LogP contribution in [0.3, 0.4) is 0 Å². The second-order valence-electron chi connectivity index (χ2n) is 5.90. The van der Waals surface area contributed by atoms with Crippen molar-refractivity contribution in [1.82, 2.24) is 10.6 Å². The maximum atomic E-state index is 13.0. The molecule has 0 saturated carbocycles. The lowest BCUT2D eigenvalue weighted by molar-refractivity contribution is -0.322. The summed E-state index contributed by atoms with van der Waals surface area (Å²) in [6, 6.07) is 0. The summed E-state index contributed by atoms with van der Waals surface area (Å²) in [6.45, 7) is 6.38. The number of nitrogens with one attached hydrogen (secondary N) is 2. The van der Waals surface area contributed by atoms with Gasteiger partial charge in [0, 0.05) is 5.54 Å². The lowest BCUT2D eigenvalue weighted by atomic mass is 10.0. The van der Waals surface area contributed by atoms with Crippen LogP contribution in [-0.4, -0.2) is 30.1 Å². The second-order valence-corrected chi connectivity index (χ2v) is 5.90. The molecule has 0 aliphatic heterocycles. The third kappa shape index (κ3) is 4.83. The van der Waals surface area contributed by atoms with E-state index < -0.39 is 30.1 Å². The van der Waals surface area contributed by atoms with Crippen LogP contribution in [0, 0.1) is 5.92 Å². The van der Waals surface area contributed by atoms with Gasteiger partial charge in [-0.15, -0.1) is 0 Å². The molecule has 8 heteroatoms. The van der Waals surface area contributed by atoms with Crippen LogP contribution in [0.15, 0.2) is 0 Å². The second kappa shape index (κ2) is 5.47. The molecule has 0 rings (SSSR count). The molecule has 2 N–H and O–H groups in total. The molecular weight excluding hydrogens is 274 g/mol. The van der Waals surface area contributed by atoms with Gasteiger partial charge in [0.05, 0.1) is 0 Å². The Kier molecular flexibility index (Phi) is 5.33. The van der Waals surface area contributed by atoms with E-state index in [2.05, 4.69) is 0 Å². The van der Waals surface area contributed by atoms with Crippen LogP contribution in [0.1, 0.15) is 34.6 Å². The third-order valence-electron chi connectivity index (χ3n) is 2.19. The predicted molar refractivity (Wildman–Crippen MR) is 60.6 cm³/mol. The lowest BCUT2D eigenvalue weighted by Gasteiger charge is -2.43. The first-order valence-corrected chi connectivity index (χ1v) is 5.80. The van der Waals surface area contributed by atoms with Gasteiger partial charge in [-0.3, -0.25) is 10.6 Å². The van der Waals surface area contributed by atoms with E-state index in [4.69, 9.17) is 0 Å². The molecule has 0 aromatic heterocycles. The highest BCUT2D eigenvalue weighted by Crippen LogP contribution is 2.42. The summed E-state index contributed by atoms with van der Waals surface area (Å²) < 4.78 is 78.0. The number of hydrogen-bond donors (Lipinski definition) is 2. The molecule has 0 unspecified atom stereocenters. The summed E-state index contributed by atoms with van der Waals surface area (Å²) in [5.74, 6) is -0.356. The zero-order chi connectivity index (χ0) is 15.7. The highest BCUT2D eigenvalue weighted by Gasteiger charge is 2.71. The lowest BCUT2D eigenvalue weighted by Crippen LogP contribution is -2.77. The minimum absolute atomic E-state index is 0.356. The SMILES string of the molecule is CC(C)CNC(NC(C)(C)C)(C(F)(F)F)C(F)(F)F. The summed E-state index contributed by atoms with van der Waals surface area (Å²) in [5, 5.41) is 3.25. The summed E-state index contributed by atoms with van der Waals surface area (Å²) in [4.78, 5) is 0. The zero-order valence-corrected chi connectivity index (χ0v) is 11.6. The standard InChI is InChI=1S/C11H20F6N2/c1-7(2)6-18-9(10(12,13)14,11(15,16)17)19-8(3,4)5/h7,18-19H,6H2,1-5H3. The van der Waals surface area contributed by atoms with Crippen molar-refractivity contribution in [2.24, 2.45) is 5.92 Å². The molecule has 0 amide bonds. The Labute approximate surface area is 108 Å². The first kappa shape index (κ1) is 18.5. The predicted octanol–water partition coefficient (Wildman–Crippen LogP) is 3.44. The Morgan fingerprint density at radius 3 is 1.42 bits per heavy atom. The maximum Gasteiger partial charge on any atom is 0.429 e. The van der Waals surface area contributed by atoms with Crippen molar-refractivity contribution in [1.29, 1.82) is 0 Å². The first-order valence-electron chi connectivity index (χ1n) is 5.80. The van der Waals surface area contributed by atoms with Gasteiger partial charge in [0.1, 0.15) is 0 Å². The van der Waals surface area contributed by atoms with Crippen LogP contribution >= 0.6 is 0 Å². The van der Waals surface area contributed by atoms with Crippen molar-refractivity contribution in [3.63, 3.8) is 0 Å². The van der Waals surface area contributed by atoms with Crippen LogP contribution in [0.2, 0.25) is 0 Å². The normalized spacial score (nSPS) is 15.2. The van der Waals surface area contributed by atoms with Crippen LogP contribution < -0.4 is 10.6 Å². The molecule has 2 nitrogen and oxygen atoms in total. The summed E-state index contributed by atoms with van der Waals surface area (Å²) >= 11 is 0. The summed E-state index contributed by atoms with van der Waals surface area (Å²) in [7, 11) is 0. The third-order valence-corrected chi connectivity index (χ3v) is 2.19. The summed E-state index contributed by atoms with van der Waals surface area (Å²) in [5.41, 5.74) is -5.47. The minimum Gasteiger partial charge on any atom is -0.284 e. The van der Waals surface area contributed by atoms with E-state index in [-0.39, 0.29) is 5.92 Å². The van der Waals surface area contributed by atoms with Gasteiger partial charge in [-0.1, -0.05) is 13.8 Å². The van der Waals surface area contributed by atoms with Gasteiger partial charge in [-0.25, -0.2) is 0 Å². The van der Waals surface area contributed by atoms with Gasteiger partial charge < -0.3 is 0 Å². The van der Waals surface area contributed by atoms with E-state index in [1.807, 2.05) is 0 Å². The van der Waals surface area contributed by atoms with E-state index in [9.17, 15) is 26.3 Å². The Balaban J connectivity index is 5.62. The molecular formula is C11H20F6N2. The molecule has 0 spiro atoms. The van der Waals surface area contributed by atoms with Gasteiger partial charge >= 0.3 is 12.4 Å². The van der Waals surface area contributed by atoms with Crippen LogP contribution in [0.4, 0.5) is 26.3 Å². The molecule has 116 valence electrons. The van der Waals surface area contributed by atoms with Crippen molar-refractivity contribution in [2.45, 2.75) is 58.2 Å². The number of rotatable bonds is 4. The van der Waals surface area contributed by atoms with Crippen molar-refractivity contribution < 1.29 is 26.3 Å². The monoisotopic (exact) mass is 294 g/mol. The first-order chi connectivity index (χ1) is 8.12. The minimum atomic E-state index is -5.51. The van der Waals surface area contributed by atoms with Gasteiger partial charge in [-0.2, -0.15) is 26.3 Å². The van der Waals surface area contributed by atoms with Crippen LogP contribution in [-0.2, 0) is 0 Å². The van der Waals surface area contributed by atoms with E-state index in [0.29, 0.717) is 0 Å². The average molecular weight is 294 g/mol. The molecule has 0 radical (unpaired) electrons. The van der Waals surface area contributed by atoms with Crippen molar-refractivity contribution in [3.8, 4) is 0 Å². The molecule has 0 aromatic rings. The van der Waals surface area contributed by atoms with Crippen LogP contribution in [0.5, 0.6) is 0 Å². The summed E-state index contributed by atoms with van der Waals surface area (Å²) in [6.07, 6.45) is -11.0. The molecule has 0 atom stereocenters. The van der Waals surface area contributed by atoms with Crippen molar-refractivity contribution in [3.05, 3.63) is 0 Å². The topological polar surface area (TPSA) is 24.1 Å². The van der Waals surface area contributed by atoms with E-state index in [1.54, 1.807) is 10.6 Å².